The van der Waals surface area contributed by atoms with Gasteiger partial charge in [0.05, 0.1) is 6.61 Å². The zero-order valence-corrected chi connectivity index (χ0v) is 6.07. The Labute approximate surface area is 64.7 Å². The fourth-order valence-corrected chi connectivity index (χ4v) is 1.26. The number of rotatable bonds is 1. The molecule has 2 heterocycles. The summed E-state index contributed by atoms with van der Waals surface area (Å²) in [6.45, 7) is 0.0893. The maximum atomic E-state index is 8.93. The summed E-state index contributed by atoms with van der Waals surface area (Å²) in [5, 5.41) is 8.93. The summed E-state index contributed by atoms with van der Waals surface area (Å²) in [4.78, 5) is 0. The van der Waals surface area contributed by atoms with Gasteiger partial charge in [0.2, 0.25) is 0 Å². The van der Waals surface area contributed by atoms with E-state index in [1.807, 2.05) is 40.9 Å². The van der Waals surface area contributed by atoms with E-state index in [-0.39, 0.29) is 6.61 Å². The number of nitrogens with zero attached hydrogens (tertiary/aromatic N) is 1. The molecule has 2 aromatic rings. The predicted molar refractivity (Wildman–Crippen MR) is 43.3 cm³/mol. The van der Waals surface area contributed by atoms with Crippen molar-refractivity contribution in [3.8, 4) is 0 Å². The molecule has 2 rings (SSSR count). The summed E-state index contributed by atoms with van der Waals surface area (Å²) in [6, 6.07) is 9.85. The summed E-state index contributed by atoms with van der Waals surface area (Å²) in [5.74, 6) is 0. The molecule has 0 atom stereocenters. The summed E-state index contributed by atoms with van der Waals surface area (Å²) >= 11 is 0. The number of pyridine rings is 1. The van der Waals surface area contributed by atoms with Gasteiger partial charge in [-0.05, 0) is 24.3 Å². The zero-order valence-electron chi connectivity index (χ0n) is 6.07. The van der Waals surface area contributed by atoms with Crippen molar-refractivity contribution in [2.24, 2.45) is 0 Å². The van der Waals surface area contributed by atoms with Gasteiger partial charge in [0.15, 0.2) is 0 Å². The first-order valence-corrected chi connectivity index (χ1v) is 3.57. The maximum absolute atomic E-state index is 8.93. The van der Waals surface area contributed by atoms with Crippen LogP contribution in [0.25, 0.3) is 5.52 Å². The molecule has 56 valence electrons. The van der Waals surface area contributed by atoms with Crippen molar-refractivity contribution in [1.82, 2.24) is 4.40 Å². The fourth-order valence-electron chi connectivity index (χ4n) is 1.26. The van der Waals surface area contributed by atoms with Gasteiger partial charge in [-0.15, -0.1) is 0 Å². The van der Waals surface area contributed by atoms with Crippen molar-refractivity contribution in [3.05, 3.63) is 42.2 Å². The van der Waals surface area contributed by atoms with Gasteiger partial charge in [-0.1, -0.05) is 6.07 Å². The molecule has 0 saturated carbocycles. The molecular formula is C9H9NO. The van der Waals surface area contributed by atoms with Crippen LogP contribution in [0.5, 0.6) is 0 Å². The van der Waals surface area contributed by atoms with Crippen LogP contribution in [0.15, 0.2) is 36.5 Å². The fraction of sp³-hybridized carbons (Fsp3) is 0.111. The average Bonchev–Trinajstić information content (AvgIpc) is 2.50. The van der Waals surface area contributed by atoms with Crippen LogP contribution in [-0.4, -0.2) is 9.51 Å². The van der Waals surface area contributed by atoms with Crippen molar-refractivity contribution in [2.45, 2.75) is 6.61 Å². The lowest BCUT2D eigenvalue weighted by atomic mass is 10.3. The van der Waals surface area contributed by atoms with Crippen LogP contribution in [0.4, 0.5) is 0 Å². The second-order valence-electron chi connectivity index (χ2n) is 2.48. The van der Waals surface area contributed by atoms with E-state index in [1.54, 1.807) is 0 Å². The van der Waals surface area contributed by atoms with Crippen LogP contribution in [0.2, 0.25) is 0 Å². The topological polar surface area (TPSA) is 24.6 Å². The van der Waals surface area contributed by atoms with Gasteiger partial charge < -0.3 is 9.51 Å². The molecule has 0 fully saturated rings. The number of aliphatic hydroxyl groups excluding tert-OH is 1. The average molecular weight is 147 g/mol. The quantitative estimate of drug-likeness (QED) is 0.648. The van der Waals surface area contributed by atoms with Gasteiger partial charge in [-0.25, -0.2) is 0 Å². The van der Waals surface area contributed by atoms with E-state index >= 15 is 0 Å². The highest BCUT2D eigenvalue weighted by molar-refractivity contribution is 5.48. The molecule has 2 aromatic heterocycles. The Morgan fingerprint density at radius 1 is 1.18 bits per heavy atom. The molecule has 0 amide bonds. The molecule has 11 heavy (non-hydrogen) atoms. The number of aliphatic hydroxyl groups is 1. The normalized spacial score (nSPS) is 10.6. The molecule has 0 saturated heterocycles. The van der Waals surface area contributed by atoms with E-state index in [0.29, 0.717) is 0 Å². The lowest BCUT2D eigenvalue weighted by molar-refractivity contribution is 0.275. The summed E-state index contributed by atoms with van der Waals surface area (Å²) < 4.78 is 1.97. The van der Waals surface area contributed by atoms with Crippen LogP contribution in [0, 0.1) is 0 Å². The molecule has 0 unspecified atom stereocenters. The molecule has 2 heteroatoms. The molecular weight excluding hydrogens is 138 g/mol. The number of fused-ring (bicyclic) bond motifs is 1. The van der Waals surface area contributed by atoms with Gasteiger partial charge >= 0.3 is 0 Å². The molecule has 0 aliphatic rings. The lowest BCUT2D eigenvalue weighted by Gasteiger charge is -2.00. The van der Waals surface area contributed by atoms with E-state index in [1.165, 1.54) is 0 Å². The maximum Gasteiger partial charge on any atom is 0.0836 e. The first-order chi connectivity index (χ1) is 5.42. The second-order valence-corrected chi connectivity index (χ2v) is 2.48. The van der Waals surface area contributed by atoms with Crippen LogP contribution in [0.1, 0.15) is 5.69 Å². The Hall–Kier alpha value is -1.28. The molecule has 1 N–H and O–H groups in total. The Balaban J connectivity index is 2.79. The van der Waals surface area contributed by atoms with Crippen LogP contribution >= 0.6 is 0 Å². The van der Waals surface area contributed by atoms with Crippen molar-refractivity contribution >= 4 is 5.52 Å². The third kappa shape index (κ3) is 0.917. The summed E-state index contributed by atoms with van der Waals surface area (Å²) in [6.07, 6.45) is 1.95. The standard InChI is InChI=1S/C9H9NO/c11-7-9-4-1-3-8-5-2-6-10(8)9/h1-6,11H,7H2. The molecule has 0 radical (unpaired) electrons. The third-order valence-corrected chi connectivity index (χ3v) is 1.81. The Morgan fingerprint density at radius 3 is 2.82 bits per heavy atom. The Kier molecular flexibility index (Phi) is 1.40. The van der Waals surface area contributed by atoms with Crippen LogP contribution < -0.4 is 0 Å². The van der Waals surface area contributed by atoms with E-state index in [2.05, 4.69) is 0 Å². The van der Waals surface area contributed by atoms with Gasteiger partial charge in [-0.2, -0.15) is 0 Å². The first-order valence-electron chi connectivity index (χ1n) is 3.57. The monoisotopic (exact) mass is 147 g/mol. The highest BCUT2D eigenvalue weighted by Gasteiger charge is 1.95. The Bertz CT molecular complexity index is 364. The largest absolute Gasteiger partial charge is 0.390 e. The van der Waals surface area contributed by atoms with E-state index in [9.17, 15) is 0 Å². The lowest BCUT2D eigenvalue weighted by Crippen LogP contribution is -1.93. The van der Waals surface area contributed by atoms with Gasteiger partial charge in [0.1, 0.15) is 0 Å². The van der Waals surface area contributed by atoms with Gasteiger partial charge in [0.25, 0.3) is 0 Å². The minimum atomic E-state index is 0.0893. The van der Waals surface area contributed by atoms with E-state index in [0.717, 1.165) is 11.2 Å². The molecule has 0 bridgehead atoms. The summed E-state index contributed by atoms with van der Waals surface area (Å²) in [7, 11) is 0. The van der Waals surface area contributed by atoms with Gasteiger partial charge in [-0.3, -0.25) is 0 Å². The predicted octanol–water partition coefficient (Wildman–Crippen LogP) is 1.43. The molecule has 2 nitrogen and oxygen atoms in total. The van der Waals surface area contributed by atoms with Crippen molar-refractivity contribution in [1.29, 1.82) is 0 Å². The minimum Gasteiger partial charge on any atom is -0.390 e. The smallest absolute Gasteiger partial charge is 0.0836 e. The highest BCUT2D eigenvalue weighted by atomic mass is 16.3. The van der Waals surface area contributed by atoms with Crippen LogP contribution in [0.3, 0.4) is 0 Å². The number of aromatic nitrogens is 1. The first kappa shape index (κ1) is 6.43. The van der Waals surface area contributed by atoms with Crippen molar-refractivity contribution in [3.63, 3.8) is 0 Å². The second kappa shape index (κ2) is 2.40. The van der Waals surface area contributed by atoms with E-state index < -0.39 is 0 Å². The van der Waals surface area contributed by atoms with Crippen molar-refractivity contribution < 1.29 is 5.11 Å². The number of hydrogen-bond acceptors (Lipinski definition) is 1. The summed E-state index contributed by atoms with van der Waals surface area (Å²) in [5.41, 5.74) is 2.05. The third-order valence-electron chi connectivity index (χ3n) is 1.81. The molecule has 0 aliphatic carbocycles. The molecule has 0 aliphatic heterocycles. The van der Waals surface area contributed by atoms with Crippen LogP contribution in [-0.2, 0) is 6.61 Å². The van der Waals surface area contributed by atoms with Crippen molar-refractivity contribution in [2.75, 3.05) is 0 Å². The highest BCUT2D eigenvalue weighted by Crippen LogP contribution is 2.07. The minimum absolute atomic E-state index is 0.0893. The Morgan fingerprint density at radius 2 is 2.00 bits per heavy atom. The zero-order chi connectivity index (χ0) is 7.68. The number of hydrogen-bond donors (Lipinski definition) is 1. The van der Waals surface area contributed by atoms with E-state index in [4.69, 9.17) is 5.11 Å². The molecule has 0 spiro atoms. The SMILES string of the molecule is OCc1cccc2cccn12. The molecule has 0 aromatic carbocycles. The van der Waals surface area contributed by atoms with Gasteiger partial charge in [0, 0.05) is 17.4 Å².